The van der Waals surface area contributed by atoms with Crippen LogP contribution in [0, 0.1) is 0 Å². The number of carbonyl (C=O) groups is 2. The maximum absolute atomic E-state index is 13.1. The molecule has 0 spiro atoms. The summed E-state index contributed by atoms with van der Waals surface area (Å²) in [6, 6.07) is 12.7. The van der Waals surface area contributed by atoms with Crippen molar-refractivity contribution in [3.05, 3.63) is 58.3 Å². The Morgan fingerprint density at radius 2 is 2.07 bits per heavy atom. The van der Waals surface area contributed by atoms with Gasteiger partial charge in [0.1, 0.15) is 12.3 Å². The Kier molecular flexibility index (Phi) is 6.93. The van der Waals surface area contributed by atoms with Crippen LogP contribution < -0.4 is 19.7 Å². The van der Waals surface area contributed by atoms with E-state index < -0.39 is 0 Å². The quantitative estimate of drug-likeness (QED) is 0.499. The van der Waals surface area contributed by atoms with Gasteiger partial charge in [0.2, 0.25) is 5.91 Å². The Balaban J connectivity index is 1.88. The third-order valence-corrected chi connectivity index (χ3v) is 5.08. The topological polar surface area (TPSA) is 67.9 Å². The number of unbranched alkanes of at least 4 members (excludes halogenated alkanes) is 1. The molecule has 0 aliphatic carbocycles. The second kappa shape index (κ2) is 9.60. The molecular weight excluding hydrogens is 436 g/mol. The Morgan fingerprint density at radius 3 is 2.79 bits per heavy atom. The Labute approximate surface area is 178 Å². The van der Waals surface area contributed by atoms with Gasteiger partial charge in [-0.05, 0) is 58.3 Å². The number of ether oxygens (including phenoxy) is 2. The minimum atomic E-state index is -0.360. The predicted octanol–water partition coefficient (Wildman–Crippen LogP) is 4.14. The molecule has 1 aliphatic heterocycles. The molecule has 2 aromatic carbocycles. The van der Waals surface area contributed by atoms with Crippen molar-refractivity contribution in [1.29, 1.82) is 0 Å². The highest BCUT2D eigenvalue weighted by molar-refractivity contribution is 9.10. The van der Waals surface area contributed by atoms with E-state index in [1.54, 1.807) is 31.4 Å². The maximum atomic E-state index is 13.1. The summed E-state index contributed by atoms with van der Waals surface area (Å²) in [4.78, 5) is 26.9. The van der Waals surface area contributed by atoms with Crippen molar-refractivity contribution < 1.29 is 19.1 Å². The number of amides is 2. The molecule has 3 rings (SSSR count). The van der Waals surface area contributed by atoms with Gasteiger partial charge in [0.05, 0.1) is 17.3 Å². The summed E-state index contributed by atoms with van der Waals surface area (Å²) >= 11 is 3.44. The SMILES string of the molecule is CCCCNC(=O)CN1C(=O)C(=Cc2ccc(OC)c(Br)c2)Oc2ccccc21. The van der Waals surface area contributed by atoms with Crippen molar-refractivity contribution in [3.8, 4) is 11.5 Å². The van der Waals surface area contributed by atoms with Gasteiger partial charge >= 0.3 is 0 Å². The first kappa shape index (κ1) is 20.9. The highest BCUT2D eigenvalue weighted by atomic mass is 79.9. The number of fused-ring (bicyclic) bond motifs is 1. The van der Waals surface area contributed by atoms with E-state index in [2.05, 4.69) is 28.2 Å². The predicted molar refractivity (Wildman–Crippen MR) is 116 cm³/mol. The van der Waals surface area contributed by atoms with E-state index in [-0.39, 0.29) is 24.1 Å². The van der Waals surface area contributed by atoms with Gasteiger partial charge in [-0.2, -0.15) is 0 Å². The molecule has 6 nitrogen and oxygen atoms in total. The lowest BCUT2D eigenvalue weighted by atomic mass is 10.1. The number of carbonyl (C=O) groups excluding carboxylic acids is 2. The average molecular weight is 459 g/mol. The van der Waals surface area contributed by atoms with Crippen LogP contribution in [0.1, 0.15) is 25.3 Å². The van der Waals surface area contributed by atoms with Crippen LogP contribution in [0.25, 0.3) is 6.08 Å². The van der Waals surface area contributed by atoms with E-state index in [0.717, 1.165) is 22.9 Å². The highest BCUT2D eigenvalue weighted by Crippen LogP contribution is 2.36. The molecule has 0 saturated carbocycles. The number of rotatable bonds is 7. The molecule has 2 aromatic rings. The highest BCUT2D eigenvalue weighted by Gasteiger charge is 2.31. The molecule has 1 aliphatic rings. The molecule has 0 radical (unpaired) electrons. The summed E-state index contributed by atoms with van der Waals surface area (Å²) in [5.74, 6) is 0.824. The molecule has 152 valence electrons. The van der Waals surface area contributed by atoms with Gasteiger partial charge in [0.15, 0.2) is 11.5 Å². The molecule has 0 bridgehead atoms. The molecule has 0 atom stereocenters. The van der Waals surface area contributed by atoms with Crippen LogP contribution in [0.5, 0.6) is 11.5 Å². The van der Waals surface area contributed by atoms with E-state index in [9.17, 15) is 9.59 Å². The minimum absolute atomic E-state index is 0.0629. The first-order chi connectivity index (χ1) is 14.0. The third kappa shape index (κ3) is 4.98. The summed E-state index contributed by atoms with van der Waals surface area (Å²) in [6.45, 7) is 2.59. The van der Waals surface area contributed by atoms with E-state index in [0.29, 0.717) is 23.7 Å². The monoisotopic (exact) mass is 458 g/mol. The van der Waals surface area contributed by atoms with Crippen molar-refractivity contribution in [2.24, 2.45) is 0 Å². The first-order valence-electron chi connectivity index (χ1n) is 9.44. The summed E-state index contributed by atoms with van der Waals surface area (Å²) in [7, 11) is 1.59. The van der Waals surface area contributed by atoms with Crippen molar-refractivity contribution in [2.75, 3.05) is 25.1 Å². The van der Waals surface area contributed by atoms with Gasteiger partial charge < -0.3 is 14.8 Å². The summed E-state index contributed by atoms with van der Waals surface area (Å²) < 4.78 is 11.9. The average Bonchev–Trinajstić information content (AvgIpc) is 2.71. The normalized spacial score (nSPS) is 14.4. The van der Waals surface area contributed by atoms with Crippen LogP contribution in [0.4, 0.5) is 5.69 Å². The van der Waals surface area contributed by atoms with Gasteiger partial charge in [-0.3, -0.25) is 14.5 Å². The van der Waals surface area contributed by atoms with Gasteiger partial charge in [-0.1, -0.05) is 31.5 Å². The standard InChI is InChI=1S/C22H23BrN2O4/c1-3-4-11-24-21(26)14-25-17-7-5-6-8-19(17)29-20(22(25)27)13-15-9-10-18(28-2)16(23)12-15/h5-10,12-13H,3-4,11,14H2,1-2H3,(H,24,26). The molecule has 0 aromatic heterocycles. The Hall–Kier alpha value is -2.80. The van der Waals surface area contributed by atoms with Crippen molar-refractivity contribution >= 4 is 39.5 Å². The van der Waals surface area contributed by atoms with Gasteiger partial charge in [-0.25, -0.2) is 0 Å². The van der Waals surface area contributed by atoms with Gasteiger partial charge in [-0.15, -0.1) is 0 Å². The summed E-state index contributed by atoms with van der Waals surface area (Å²) in [6.07, 6.45) is 3.55. The molecular formula is C22H23BrN2O4. The Morgan fingerprint density at radius 1 is 1.28 bits per heavy atom. The summed E-state index contributed by atoms with van der Waals surface area (Å²) in [5, 5.41) is 2.85. The van der Waals surface area contributed by atoms with Crippen molar-refractivity contribution in [2.45, 2.75) is 19.8 Å². The number of para-hydroxylation sites is 2. The number of hydrogen-bond donors (Lipinski definition) is 1. The fourth-order valence-corrected chi connectivity index (χ4v) is 3.51. The maximum Gasteiger partial charge on any atom is 0.294 e. The molecule has 0 fully saturated rings. The van der Waals surface area contributed by atoms with Crippen molar-refractivity contribution in [3.63, 3.8) is 0 Å². The Bertz CT molecular complexity index is 942. The zero-order valence-corrected chi connectivity index (χ0v) is 18.0. The summed E-state index contributed by atoms with van der Waals surface area (Å²) in [5.41, 5.74) is 1.35. The number of halogens is 1. The number of methoxy groups -OCH3 is 1. The van der Waals surface area contributed by atoms with Crippen LogP contribution in [-0.2, 0) is 9.59 Å². The number of nitrogens with one attached hydrogen (secondary N) is 1. The number of benzene rings is 2. The molecule has 7 heteroatoms. The fraction of sp³-hybridized carbons (Fsp3) is 0.273. The van der Waals surface area contributed by atoms with Crippen LogP contribution >= 0.6 is 15.9 Å². The van der Waals surface area contributed by atoms with E-state index >= 15 is 0 Å². The van der Waals surface area contributed by atoms with Crippen LogP contribution in [0.2, 0.25) is 0 Å². The third-order valence-electron chi connectivity index (χ3n) is 4.46. The molecule has 2 amide bonds. The smallest absolute Gasteiger partial charge is 0.294 e. The largest absolute Gasteiger partial charge is 0.496 e. The molecule has 0 unspecified atom stereocenters. The molecule has 0 saturated heterocycles. The number of anilines is 1. The minimum Gasteiger partial charge on any atom is -0.496 e. The lowest BCUT2D eigenvalue weighted by molar-refractivity contribution is -0.123. The fourth-order valence-electron chi connectivity index (χ4n) is 2.95. The van der Waals surface area contributed by atoms with Gasteiger partial charge in [0.25, 0.3) is 5.91 Å². The van der Waals surface area contributed by atoms with E-state index in [1.807, 2.05) is 24.3 Å². The lowest BCUT2D eigenvalue weighted by Gasteiger charge is -2.30. The molecule has 1 N–H and O–H groups in total. The number of hydrogen-bond acceptors (Lipinski definition) is 4. The van der Waals surface area contributed by atoms with E-state index in [4.69, 9.17) is 9.47 Å². The second-order valence-corrected chi connectivity index (χ2v) is 7.42. The number of nitrogens with zero attached hydrogens (tertiary/aromatic N) is 1. The second-order valence-electron chi connectivity index (χ2n) is 6.57. The zero-order valence-electron chi connectivity index (χ0n) is 16.4. The van der Waals surface area contributed by atoms with Crippen LogP contribution in [-0.4, -0.2) is 32.0 Å². The van der Waals surface area contributed by atoms with Gasteiger partial charge in [0, 0.05) is 6.54 Å². The van der Waals surface area contributed by atoms with Crippen molar-refractivity contribution in [1.82, 2.24) is 5.32 Å². The molecule has 29 heavy (non-hydrogen) atoms. The van der Waals surface area contributed by atoms with E-state index in [1.165, 1.54) is 4.90 Å². The van der Waals surface area contributed by atoms with Crippen LogP contribution in [0.3, 0.4) is 0 Å². The first-order valence-corrected chi connectivity index (χ1v) is 10.2. The van der Waals surface area contributed by atoms with Crippen LogP contribution in [0.15, 0.2) is 52.7 Å². The zero-order chi connectivity index (χ0) is 20.8. The molecule has 1 heterocycles. The lowest BCUT2D eigenvalue weighted by Crippen LogP contribution is -2.44.